The summed E-state index contributed by atoms with van der Waals surface area (Å²) >= 11 is 0. The molecule has 2 unspecified atom stereocenters. The number of nitrogens with zero attached hydrogens (tertiary/aromatic N) is 2. The Kier molecular flexibility index (Phi) is 5.71. The highest BCUT2D eigenvalue weighted by atomic mass is 16.2. The van der Waals surface area contributed by atoms with Gasteiger partial charge in [0.2, 0.25) is 0 Å². The van der Waals surface area contributed by atoms with E-state index in [0.717, 1.165) is 54.1 Å². The van der Waals surface area contributed by atoms with Gasteiger partial charge in [-0.25, -0.2) is 0 Å². The Morgan fingerprint density at radius 2 is 1.71 bits per heavy atom. The Bertz CT molecular complexity index is 934. The molecular weight excluding hydrogens is 386 g/mol. The predicted molar refractivity (Wildman–Crippen MR) is 125 cm³/mol. The number of rotatable bonds is 3. The zero-order valence-corrected chi connectivity index (χ0v) is 19.5. The number of piperidine rings is 1. The van der Waals surface area contributed by atoms with Crippen LogP contribution < -0.4 is 10.2 Å². The van der Waals surface area contributed by atoms with Gasteiger partial charge in [-0.3, -0.25) is 9.59 Å². The molecule has 3 aliphatic rings. The highest BCUT2D eigenvalue weighted by molar-refractivity contribution is 5.99. The molecular formula is C26H35N3O2. The van der Waals surface area contributed by atoms with E-state index in [1.807, 2.05) is 25.9 Å². The Hall–Kier alpha value is -2.56. The summed E-state index contributed by atoms with van der Waals surface area (Å²) in [7, 11) is 4.03. The summed E-state index contributed by atoms with van der Waals surface area (Å²) in [4.78, 5) is 31.2. The molecule has 0 bridgehead atoms. The average Bonchev–Trinajstić information content (AvgIpc) is 2.72. The van der Waals surface area contributed by atoms with Gasteiger partial charge in [-0.05, 0) is 49.3 Å². The minimum absolute atomic E-state index is 0.0862. The van der Waals surface area contributed by atoms with E-state index in [1.54, 1.807) is 0 Å². The lowest BCUT2D eigenvalue weighted by Crippen LogP contribution is -2.46. The fraction of sp³-hybridized carbons (Fsp3) is 0.538. The molecule has 1 aromatic rings. The molecule has 1 fully saturated rings. The molecule has 2 heterocycles. The van der Waals surface area contributed by atoms with Gasteiger partial charge in [-0.15, -0.1) is 0 Å². The summed E-state index contributed by atoms with van der Waals surface area (Å²) in [6.07, 6.45) is 5.98. The van der Waals surface area contributed by atoms with Gasteiger partial charge in [-0.1, -0.05) is 32.1 Å². The molecule has 2 aliphatic heterocycles. The molecule has 5 heteroatoms. The number of likely N-dealkylation sites (tertiary alicyclic amines) is 1. The summed E-state index contributed by atoms with van der Waals surface area (Å²) in [6.45, 7) is 7.79. The van der Waals surface area contributed by atoms with Gasteiger partial charge in [-0.2, -0.15) is 0 Å². The number of nitrogens with one attached hydrogen (secondary N) is 1. The smallest absolute Gasteiger partial charge is 0.252 e. The highest BCUT2D eigenvalue weighted by Crippen LogP contribution is 2.47. The first kappa shape index (κ1) is 21.7. The highest BCUT2D eigenvalue weighted by Gasteiger charge is 2.46. The normalized spacial score (nSPS) is 25.5. The molecule has 0 saturated carbocycles. The van der Waals surface area contributed by atoms with Crippen LogP contribution >= 0.6 is 0 Å². The molecule has 0 aromatic heterocycles. The zero-order valence-electron chi connectivity index (χ0n) is 19.5. The fourth-order valence-electron chi connectivity index (χ4n) is 5.36. The Morgan fingerprint density at radius 3 is 2.32 bits per heavy atom. The zero-order chi connectivity index (χ0) is 22.3. The lowest BCUT2D eigenvalue weighted by Gasteiger charge is -2.43. The monoisotopic (exact) mass is 421 g/mol. The minimum atomic E-state index is -0.328. The van der Waals surface area contributed by atoms with Gasteiger partial charge in [0.05, 0.1) is 5.92 Å². The number of hydrogen-bond acceptors (Lipinski definition) is 4. The van der Waals surface area contributed by atoms with Crippen LogP contribution in [0.25, 0.3) is 0 Å². The standard InChI is InChI=1S/C26H35N3O2/c1-17-22(25(31)29-13-7-6-8-14-29)23(18-9-11-19(12-10-18)28(4)5)24-20(27-17)15-26(2,3)16-21(24)30/h9-12,15,23-24,27H,6-8,13-14,16H2,1-5H3. The first-order chi connectivity index (χ1) is 14.7. The van der Waals surface area contributed by atoms with Crippen molar-refractivity contribution in [1.82, 2.24) is 10.2 Å². The first-order valence-corrected chi connectivity index (χ1v) is 11.5. The van der Waals surface area contributed by atoms with E-state index in [-0.39, 0.29) is 28.9 Å². The summed E-state index contributed by atoms with van der Waals surface area (Å²) in [5, 5.41) is 3.47. The molecule has 166 valence electrons. The molecule has 1 aromatic carbocycles. The van der Waals surface area contributed by atoms with Crippen LogP contribution in [0.15, 0.2) is 47.3 Å². The van der Waals surface area contributed by atoms with Crippen molar-refractivity contribution in [2.45, 2.75) is 52.4 Å². The number of carbonyl (C=O) groups is 2. The Morgan fingerprint density at radius 1 is 1.06 bits per heavy atom. The van der Waals surface area contributed by atoms with Crippen LogP contribution in [0.1, 0.15) is 57.9 Å². The molecule has 1 saturated heterocycles. The third kappa shape index (κ3) is 4.15. The number of amides is 1. The van der Waals surface area contributed by atoms with Gasteiger partial charge < -0.3 is 15.1 Å². The number of hydrogen-bond donors (Lipinski definition) is 1. The van der Waals surface area contributed by atoms with Crippen LogP contribution in [0, 0.1) is 11.3 Å². The van der Waals surface area contributed by atoms with Crippen LogP contribution in [0.4, 0.5) is 5.69 Å². The molecule has 31 heavy (non-hydrogen) atoms. The third-order valence-corrected chi connectivity index (χ3v) is 6.88. The second kappa shape index (κ2) is 8.18. The maximum absolute atomic E-state index is 13.7. The molecule has 1 amide bonds. The number of Topliss-reactive ketones (excluding diaryl/α,β-unsaturated/α-hetero) is 1. The van der Waals surface area contributed by atoms with E-state index >= 15 is 0 Å². The quantitative estimate of drug-likeness (QED) is 0.794. The van der Waals surface area contributed by atoms with Gasteiger partial charge >= 0.3 is 0 Å². The maximum atomic E-state index is 13.7. The van der Waals surface area contributed by atoms with Gasteiger partial charge in [0.25, 0.3) is 5.91 Å². The molecule has 1 N–H and O–H groups in total. The molecule has 1 aliphatic carbocycles. The van der Waals surface area contributed by atoms with E-state index in [4.69, 9.17) is 0 Å². The van der Waals surface area contributed by atoms with Crippen LogP contribution in [-0.2, 0) is 9.59 Å². The molecule has 4 rings (SSSR count). The van der Waals surface area contributed by atoms with Crippen molar-refractivity contribution in [3.05, 3.63) is 52.9 Å². The van der Waals surface area contributed by atoms with E-state index < -0.39 is 0 Å². The van der Waals surface area contributed by atoms with Crippen LogP contribution in [-0.4, -0.2) is 43.8 Å². The van der Waals surface area contributed by atoms with Gasteiger partial charge in [0, 0.05) is 62.2 Å². The average molecular weight is 422 g/mol. The summed E-state index contributed by atoms with van der Waals surface area (Å²) in [6, 6.07) is 8.34. The largest absolute Gasteiger partial charge is 0.378 e. The minimum Gasteiger partial charge on any atom is -0.378 e. The molecule has 5 nitrogen and oxygen atoms in total. The van der Waals surface area contributed by atoms with E-state index in [2.05, 4.69) is 54.4 Å². The number of benzene rings is 1. The number of ketones is 1. The summed E-state index contributed by atoms with van der Waals surface area (Å²) in [5.41, 5.74) is 4.56. The van der Waals surface area contributed by atoms with Gasteiger partial charge in [0.1, 0.15) is 5.78 Å². The van der Waals surface area contributed by atoms with Crippen LogP contribution in [0.2, 0.25) is 0 Å². The lowest BCUT2D eigenvalue weighted by atomic mass is 9.66. The first-order valence-electron chi connectivity index (χ1n) is 11.5. The van der Waals surface area contributed by atoms with E-state index in [9.17, 15) is 9.59 Å². The second-order valence-electron chi connectivity index (χ2n) is 10.2. The van der Waals surface area contributed by atoms with Crippen LogP contribution in [0.3, 0.4) is 0 Å². The van der Waals surface area contributed by atoms with Crippen molar-refractivity contribution in [3.8, 4) is 0 Å². The number of fused-ring (bicyclic) bond motifs is 1. The maximum Gasteiger partial charge on any atom is 0.252 e. The summed E-state index contributed by atoms with van der Waals surface area (Å²) in [5.74, 6) is -0.274. The molecule has 0 radical (unpaired) electrons. The number of allylic oxidation sites excluding steroid dienone is 3. The number of anilines is 1. The fourth-order valence-corrected chi connectivity index (χ4v) is 5.36. The van der Waals surface area contributed by atoms with Crippen molar-refractivity contribution < 1.29 is 9.59 Å². The second-order valence-corrected chi connectivity index (χ2v) is 10.2. The van der Waals surface area contributed by atoms with E-state index in [1.165, 1.54) is 6.42 Å². The van der Waals surface area contributed by atoms with Crippen molar-refractivity contribution in [2.75, 3.05) is 32.1 Å². The van der Waals surface area contributed by atoms with E-state index in [0.29, 0.717) is 6.42 Å². The molecule has 0 spiro atoms. The predicted octanol–water partition coefficient (Wildman–Crippen LogP) is 4.23. The Labute approximate surface area is 186 Å². The molecule has 2 atom stereocenters. The van der Waals surface area contributed by atoms with Crippen LogP contribution in [0.5, 0.6) is 0 Å². The third-order valence-electron chi connectivity index (χ3n) is 6.88. The van der Waals surface area contributed by atoms with Crippen molar-refractivity contribution >= 4 is 17.4 Å². The summed E-state index contributed by atoms with van der Waals surface area (Å²) < 4.78 is 0. The Balaban J connectivity index is 1.82. The van der Waals surface area contributed by atoms with Crippen molar-refractivity contribution in [3.63, 3.8) is 0 Å². The van der Waals surface area contributed by atoms with Crippen molar-refractivity contribution in [1.29, 1.82) is 0 Å². The topological polar surface area (TPSA) is 52.7 Å². The van der Waals surface area contributed by atoms with Crippen molar-refractivity contribution in [2.24, 2.45) is 11.3 Å². The number of carbonyl (C=O) groups excluding carboxylic acids is 2. The SMILES string of the molecule is CC1=C(C(=O)N2CCCCC2)C(c2ccc(N(C)C)cc2)C2C(=O)CC(C)(C)C=C2N1. The van der Waals surface area contributed by atoms with Gasteiger partial charge in [0.15, 0.2) is 0 Å². The lowest BCUT2D eigenvalue weighted by molar-refractivity contribution is -0.129.